The highest BCUT2D eigenvalue weighted by molar-refractivity contribution is 5.68. The Morgan fingerprint density at radius 2 is 2.26 bits per heavy atom. The number of H-pyrrole nitrogens is 2. The van der Waals surface area contributed by atoms with Crippen molar-refractivity contribution < 1.29 is 9.53 Å². The summed E-state index contributed by atoms with van der Waals surface area (Å²) in [6.45, 7) is 7.10. The van der Waals surface area contributed by atoms with E-state index in [9.17, 15) is 4.79 Å². The third-order valence-electron chi connectivity index (χ3n) is 3.98. The van der Waals surface area contributed by atoms with E-state index in [4.69, 9.17) is 4.74 Å². The summed E-state index contributed by atoms with van der Waals surface area (Å²) in [5.74, 6) is 0.271. The molecular weight excluding hydrogens is 292 g/mol. The molecule has 0 radical (unpaired) electrons. The van der Waals surface area contributed by atoms with Crippen LogP contribution < -0.4 is 0 Å². The first kappa shape index (κ1) is 15.6. The first-order chi connectivity index (χ1) is 10.9. The first-order valence-corrected chi connectivity index (χ1v) is 8.09. The minimum atomic E-state index is -0.460. The van der Waals surface area contributed by atoms with Crippen molar-refractivity contribution in [1.29, 1.82) is 0 Å². The van der Waals surface area contributed by atoms with Crippen LogP contribution in [0.5, 0.6) is 0 Å². The molecule has 3 heterocycles. The van der Waals surface area contributed by atoms with E-state index < -0.39 is 5.60 Å². The summed E-state index contributed by atoms with van der Waals surface area (Å²) in [5, 5.41) is 7.49. The lowest BCUT2D eigenvalue weighted by Gasteiger charge is -2.33. The van der Waals surface area contributed by atoms with Crippen LogP contribution >= 0.6 is 0 Å². The van der Waals surface area contributed by atoms with Crippen LogP contribution in [0.25, 0.3) is 11.4 Å². The summed E-state index contributed by atoms with van der Waals surface area (Å²) in [7, 11) is 0. The van der Waals surface area contributed by atoms with Gasteiger partial charge in [0.2, 0.25) is 0 Å². The normalized spacial score (nSPS) is 18.9. The van der Waals surface area contributed by atoms with E-state index in [1.54, 1.807) is 4.90 Å². The van der Waals surface area contributed by atoms with Gasteiger partial charge < -0.3 is 14.6 Å². The van der Waals surface area contributed by atoms with Crippen molar-refractivity contribution >= 4 is 6.09 Å². The Morgan fingerprint density at radius 1 is 1.43 bits per heavy atom. The molecule has 0 spiro atoms. The number of nitrogens with zero attached hydrogens (tertiary/aromatic N) is 2. The summed E-state index contributed by atoms with van der Waals surface area (Å²) in [6.07, 6.45) is 3.67. The number of likely N-dealkylation sites (tertiary alicyclic amines) is 1. The number of ether oxygens (including phenoxy) is 1. The predicted molar refractivity (Wildman–Crippen MR) is 88.2 cm³/mol. The number of amides is 1. The molecule has 0 saturated carbocycles. The lowest BCUT2D eigenvalue weighted by Crippen LogP contribution is -2.42. The van der Waals surface area contributed by atoms with Crippen LogP contribution in [0.1, 0.15) is 45.2 Å². The molecule has 6 heteroatoms. The molecule has 1 atom stereocenters. The zero-order chi connectivity index (χ0) is 16.4. The zero-order valence-corrected chi connectivity index (χ0v) is 13.9. The molecule has 23 heavy (non-hydrogen) atoms. The number of carbonyl (C=O) groups excluding carboxylic acids is 1. The van der Waals surface area contributed by atoms with Gasteiger partial charge in [-0.05, 0) is 51.8 Å². The van der Waals surface area contributed by atoms with Gasteiger partial charge in [-0.3, -0.25) is 5.10 Å². The quantitative estimate of drug-likeness (QED) is 0.890. The molecule has 1 fully saturated rings. The lowest BCUT2D eigenvalue weighted by atomic mass is 9.95. The van der Waals surface area contributed by atoms with Gasteiger partial charge in [-0.25, -0.2) is 4.79 Å². The molecule has 1 aliphatic rings. The van der Waals surface area contributed by atoms with Gasteiger partial charge in [0.25, 0.3) is 0 Å². The lowest BCUT2D eigenvalue weighted by molar-refractivity contribution is 0.0197. The fourth-order valence-corrected chi connectivity index (χ4v) is 2.90. The molecule has 1 saturated heterocycles. The first-order valence-electron chi connectivity index (χ1n) is 8.09. The molecule has 124 valence electrons. The van der Waals surface area contributed by atoms with Gasteiger partial charge in [0, 0.05) is 30.9 Å². The number of rotatable bonds is 2. The van der Waals surface area contributed by atoms with Crippen molar-refractivity contribution in [3.63, 3.8) is 0 Å². The number of hydrogen-bond acceptors (Lipinski definition) is 3. The highest BCUT2D eigenvalue weighted by atomic mass is 16.6. The van der Waals surface area contributed by atoms with Crippen molar-refractivity contribution in [2.45, 2.75) is 45.1 Å². The molecule has 6 nitrogen and oxygen atoms in total. The third-order valence-corrected chi connectivity index (χ3v) is 3.98. The molecule has 0 aliphatic carbocycles. The van der Waals surface area contributed by atoms with Crippen molar-refractivity contribution in [3.8, 4) is 11.4 Å². The second-order valence-electron chi connectivity index (χ2n) is 7.06. The van der Waals surface area contributed by atoms with Crippen molar-refractivity contribution in [2.75, 3.05) is 13.1 Å². The average molecular weight is 316 g/mol. The van der Waals surface area contributed by atoms with E-state index in [1.165, 1.54) is 0 Å². The molecule has 1 aliphatic heterocycles. The average Bonchev–Trinajstić information content (AvgIpc) is 3.17. The van der Waals surface area contributed by atoms with Crippen molar-refractivity contribution in [1.82, 2.24) is 20.1 Å². The van der Waals surface area contributed by atoms with E-state index in [0.717, 1.165) is 36.5 Å². The predicted octanol–water partition coefficient (Wildman–Crippen LogP) is 3.52. The fourth-order valence-electron chi connectivity index (χ4n) is 2.90. The number of carbonyl (C=O) groups is 1. The Kier molecular flexibility index (Phi) is 4.15. The highest BCUT2D eigenvalue weighted by Gasteiger charge is 2.29. The number of aromatic amines is 2. The van der Waals surface area contributed by atoms with Gasteiger partial charge in [-0.15, -0.1) is 0 Å². The van der Waals surface area contributed by atoms with Gasteiger partial charge in [0.1, 0.15) is 11.3 Å². The highest BCUT2D eigenvalue weighted by Crippen LogP contribution is 2.28. The van der Waals surface area contributed by atoms with Crippen LogP contribution in [0.15, 0.2) is 24.4 Å². The Hall–Kier alpha value is -2.24. The Labute approximate surface area is 136 Å². The van der Waals surface area contributed by atoms with Gasteiger partial charge >= 0.3 is 6.09 Å². The third kappa shape index (κ3) is 3.75. The van der Waals surface area contributed by atoms with Gasteiger partial charge in [0.15, 0.2) is 0 Å². The molecule has 0 bridgehead atoms. The monoisotopic (exact) mass is 316 g/mol. The summed E-state index contributed by atoms with van der Waals surface area (Å²) < 4.78 is 5.48. The summed E-state index contributed by atoms with van der Waals surface area (Å²) in [4.78, 5) is 17.2. The second-order valence-corrected chi connectivity index (χ2v) is 7.06. The zero-order valence-electron chi connectivity index (χ0n) is 13.9. The Morgan fingerprint density at radius 3 is 2.96 bits per heavy atom. The SMILES string of the molecule is CC(C)(C)OC(=O)N1CCC[C@H](c2cc(-c3ccc[nH]3)n[nH]2)C1. The number of piperidine rings is 1. The topological polar surface area (TPSA) is 74.0 Å². The number of aromatic nitrogens is 3. The molecule has 1 amide bonds. The summed E-state index contributed by atoms with van der Waals surface area (Å²) >= 11 is 0. The molecule has 2 aromatic heterocycles. The smallest absolute Gasteiger partial charge is 0.410 e. The van der Waals surface area contributed by atoms with Crippen LogP contribution in [0.2, 0.25) is 0 Å². The van der Waals surface area contributed by atoms with Crippen LogP contribution in [0.3, 0.4) is 0 Å². The van der Waals surface area contributed by atoms with Gasteiger partial charge in [-0.2, -0.15) is 5.10 Å². The molecule has 0 unspecified atom stereocenters. The molecule has 3 rings (SSSR count). The molecule has 0 aromatic carbocycles. The van der Waals surface area contributed by atoms with Gasteiger partial charge in [0.05, 0.1) is 5.69 Å². The van der Waals surface area contributed by atoms with Crippen molar-refractivity contribution in [3.05, 3.63) is 30.1 Å². The molecular formula is C17H24N4O2. The van der Waals surface area contributed by atoms with Crippen LogP contribution in [0, 0.1) is 0 Å². The van der Waals surface area contributed by atoms with Gasteiger partial charge in [-0.1, -0.05) is 0 Å². The van der Waals surface area contributed by atoms with Crippen molar-refractivity contribution in [2.24, 2.45) is 0 Å². The number of hydrogen-bond donors (Lipinski definition) is 2. The van der Waals surface area contributed by atoms with Crippen LogP contribution in [0.4, 0.5) is 4.79 Å². The maximum Gasteiger partial charge on any atom is 0.410 e. The minimum Gasteiger partial charge on any atom is -0.444 e. The van der Waals surface area contributed by atoms with E-state index in [2.05, 4.69) is 21.2 Å². The number of nitrogens with one attached hydrogen (secondary N) is 2. The molecule has 2 aromatic rings. The largest absolute Gasteiger partial charge is 0.444 e. The Bertz CT molecular complexity index is 654. The standard InChI is InChI=1S/C17H24N4O2/c1-17(2,3)23-16(22)21-9-5-6-12(11-21)14-10-15(20-19-14)13-7-4-8-18-13/h4,7-8,10,12,18H,5-6,9,11H2,1-3H3,(H,19,20)/t12-/m0/s1. The minimum absolute atomic E-state index is 0.230. The summed E-state index contributed by atoms with van der Waals surface area (Å²) in [5.41, 5.74) is 2.51. The van der Waals surface area contributed by atoms with Crippen LogP contribution in [-0.2, 0) is 4.74 Å². The fraction of sp³-hybridized carbons (Fsp3) is 0.529. The second kappa shape index (κ2) is 6.10. The van der Waals surface area contributed by atoms with E-state index in [1.807, 2.05) is 39.1 Å². The molecule has 2 N–H and O–H groups in total. The van der Waals surface area contributed by atoms with E-state index in [-0.39, 0.29) is 12.0 Å². The van der Waals surface area contributed by atoms with E-state index >= 15 is 0 Å². The maximum absolute atomic E-state index is 12.3. The van der Waals surface area contributed by atoms with Crippen LogP contribution in [-0.4, -0.2) is 44.9 Å². The van der Waals surface area contributed by atoms with E-state index in [0.29, 0.717) is 6.54 Å². The maximum atomic E-state index is 12.3. The summed E-state index contributed by atoms with van der Waals surface area (Å²) in [6, 6.07) is 6.01. The Balaban J connectivity index is 1.68.